The van der Waals surface area contributed by atoms with Crippen molar-refractivity contribution in [2.45, 2.75) is 37.0 Å². The van der Waals surface area contributed by atoms with Crippen molar-refractivity contribution in [3.63, 3.8) is 0 Å². The third-order valence-corrected chi connectivity index (χ3v) is 7.49. The van der Waals surface area contributed by atoms with Crippen LogP contribution in [0.4, 0.5) is 26.7 Å². The Labute approximate surface area is 261 Å². The molecule has 0 spiro atoms. The lowest BCUT2D eigenvalue weighted by Crippen LogP contribution is -2.49. The van der Waals surface area contributed by atoms with Gasteiger partial charge in [0.05, 0.1) is 34.8 Å². The number of carbonyl (C=O) groups excluding carboxylic acids is 2. The molecule has 242 valence electrons. The van der Waals surface area contributed by atoms with Crippen molar-refractivity contribution >= 4 is 29.6 Å². The predicted molar refractivity (Wildman–Crippen MR) is 152 cm³/mol. The van der Waals surface area contributed by atoms with E-state index in [0.717, 1.165) is 15.9 Å². The van der Waals surface area contributed by atoms with Gasteiger partial charge in [-0.3, -0.25) is 14.7 Å². The number of aromatic nitrogens is 6. The Bertz CT molecular complexity index is 1740. The number of nitrogens with two attached hydrogens (primary N) is 1. The number of hydrogen-bond acceptors (Lipinski definition) is 8. The maximum Gasteiger partial charge on any atom is 0.411 e. The van der Waals surface area contributed by atoms with Gasteiger partial charge in [-0.2, -0.15) is 18.3 Å². The van der Waals surface area contributed by atoms with E-state index < -0.39 is 48.6 Å². The molecule has 5 rings (SSSR count). The number of ether oxygens (including phenoxy) is 1. The Hall–Kier alpha value is -5.13. The van der Waals surface area contributed by atoms with Crippen LogP contribution in [0.2, 0.25) is 5.02 Å². The molecule has 1 aliphatic carbocycles. The van der Waals surface area contributed by atoms with Gasteiger partial charge in [0.1, 0.15) is 18.5 Å². The van der Waals surface area contributed by atoms with Crippen molar-refractivity contribution in [2.75, 3.05) is 13.7 Å². The quantitative estimate of drug-likeness (QED) is 0.151. The molecule has 4 aromatic rings. The van der Waals surface area contributed by atoms with Crippen LogP contribution in [0.5, 0.6) is 0 Å². The minimum absolute atomic E-state index is 0.0341. The highest BCUT2D eigenvalue weighted by atomic mass is 35.5. The minimum Gasteiger partial charge on any atom is -0.447 e. The Kier molecular flexibility index (Phi) is 8.91. The van der Waals surface area contributed by atoms with Crippen molar-refractivity contribution in [2.24, 2.45) is 10.7 Å². The third-order valence-electron chi connectivity index (χ3n) is 7.17. The molecule has 2 amide bonds. The second kappa shape index (κ2) is 12.7. The number of alkyl carbamates (subject to hydrolysis) is 1. The number of rotatable bonds is 9. The molecule has 1 aliphatic rings. The second-order valence-corrected chi connectivity index (χ2v) is 10.4. The summed E-state index contributed by atoms with van der Waals surface area (Å²) >= 11 is 6.33. The van der Waals surface area contributed by atoms with Gasteiger partial charge < -0.3 is 15.8 Å². The van der Waals surface area contributed by atoms with Crippen LogP contribution in [-0.2, 0) is 4.74 Å². The van der Waals surface area contributed by atoms with Crippen molar-refractivity contribution in [1.82, 2.24) is 40.0 Å². The summed E-state index contributed by atoms with van der Waals surface area (Å²) in [5.74, 6) is -1.84. The minimum atomic E-state index is -4.71. The van der Waals surface area contributed by atoms with Crippen LogP contribution in [-0.4, -0.2) is 78.0 Å². The lowest BCUT2D eigenvalue weighted by molar-refractivity contribution is -0.164. The fraction of sp³-hybridized carbons (Fsp3) is 0.296. The van der Waals surface area contributed by atoms with Gasteiger partial charge in [0, 0.05) is 12.6 Å². The Morgan fingerprint density at radius 2 is 1.91 bits per heavy atom. The highest BCUT2D eigenvalue weighted by molar-refractivity contribution is 6.32. The van der Waals surface area contributed by atoms with E-state index in [9.17, 15) is 31.5 Å². The molecule has 3 N–H and O–H groups in total. The van der Waals surface area contributed by atoms with Crippen LogP contribution in [0.25, 0.3) is 11.4 Å². The van der Waals surface area contributed by atoms with Gasteiger partial charge in [-0.15, -0.1) is 5.10 Å². The smallest absolute Gasteiger partial charge is 0.411 e. The van der Waals surface area contributed by atoms with E-state index in [2.05, 4.69) is 25.4 Å². The Morgan fingerprint density at radius 1 is 1.20 bits per heavy atom. The number of halogens is 6. The van der Waals surface area contributed by atoms with Gasteiger partial charge in [-0.1, -0.05) is 22.9 Å². The molecule has 2 aromatic heterocycles. The molecular weight excluding hydrogens is 643 g/mol. The van der Waals surface area contributed by atoms with E-state index in [1.54, 1.807) is 18.3 Å². The Morgan fingerprint density at radius 3 is 2.50 bits per heavy atom. The first-order valence-electron chi connectivity index (χ1n) is 13.4. The standard InChI is InChI=1S/C27H24ClF5N10O3/c1-35-24(34)42(23(44)15-2-5-17(6-3-15)41-11-10-37-40-41)20(13-46-25(45)39-26(8-9-26)27(31,32)33)16-4-7-18(28)19(12-16)43-22(21(29)30)36-14-38-43/h2-7,10-12,14,20-21H,8-9,13H2,1H3,(H2,34,35)(H,39,45)/t20-/m1/s1. The molecule has 0 bridgehead atoms. The summed E-state index contributed by atoms with van der Waals surface area (Å²) in [7, 11) is 1.28. The van der Waals surface area contributed by atoms with Gasteiger partial charge in [0.15, 0.2) is 11.8 Å². The number of amides is 2. The summed E-state index contributed by atoms with van der Waals surface area (Å²) in [6.07, 6.45) is -5.86. The average molecular weight is 667 g/mol. The Balaban J connectivity index is 1.53. The fourth-order valence-electron chi connectivity index (χ4n) is 4.55. The summed E-state index contributed by atoms with van der Waals surface area (Å²) in [5, 5.41) is 13.2. The lowest BCUT2D eigenvalue weighted by atomic mass is 10.0. The summed E-state index contributed by atoms with van der Waals surface area (Å²) in [6, 6.07) is 8.69. The molecule has 13 nitrogen and oxygen atoms in total. The van der Waals surface area contributed by atoms with Crippen LogP contribution in [0.15, 0.2) is 66.2 Å². The molecule has 19 heteroatoms. The van der Waals surface area contributed by atoms with E-state index >= 15 is 0 Å². The molecule has 46 heavy (non-hydrogen) atoms. The number of alkyl halides is 5. The van der Waals surface area contributed by atoms with E-state index in [0.29, 0.717) is 5.69 Å². The number of carbonyl (C=O) groups is 2. The highest BCUT2D eigenvalue weighted by Crippen LogP contribution is 2.49. The van der Waals surface area contributed by atoms with Gasteiger partial charge in [-0.25, -0.2) is 27.9 Å². The summed E-state index contributed by atoms with van der Waals surface area (Å²) < 4.78 is 75.2. The first-order chi connectivity index (χ1) is 21.8. The molecule has 2 heterocycles. The molecule has 0 saturated heterocycles. The van der Waals surface area contributed by atoms with Crippen molar-refractivity contribution in [1.29, 1.82) is 0 Å². The maximum absolute atomic E-state index is 14.0. The molecule has 0 unspecified atom stereocenters. The molecule has 0 aliphatic heterocycles. The van der Waals surface area contributed by atoms with Crippen LogP contribution in [0.3, 0.4) is 0 Å². The van der Waals surface area contributed by atoms with Crippen LogP contribution < -0.4 is 11.1 Å². The normalized spacial score (nSPS) is 15.0. The largest absolute Gasteiger partial charge is 0.447 e. The maximum atomic E-state index is 14.0. The van der Waals surface area contributed by atoms with E-state index in [1.807, 2.05) is 5.32 Å². The van der Waals surface area contributed by atoms with Crippen molar-refractivity contribution in [3.05, 3.63) is 83.2 Å². The molecule has 1 saturated carbocycles. The van der Waals surface area contributed by atoms with Crippen molar-refractivity contribution in [3.8, 4) is 11.4 Å². The monoisotopic (exact) mass is 666 g/mol. The predicted octanol–water partition coefficient (Wildman–Crippen LogP) is 4.39. The molecule has 1 atom stereocenters. The van der Waals surface area contributed by atoms with Gasteiger partial charge >= 0.3 is 12.3 Å². The molecular formula is C27H24ClF5N10O3. The zero-order valence-corrected chi connectivity index (χ0v) is 24.5. The summed E-state index contributed by atoms with van der Waals surface area (Å²) in [5.41, 5.74) is 4.46. The fourth-order valence-corrected chi connectivity index (χ4v) is 4.75. The summed E-state index contributed by atoms with van der Waals surface area (Å²) in [6.45, 7) is -0.737. The van der Waals surface area contributed by atoms with Crippen molar-refractivity contribution < 1.29 is 36.3 Å². The molecule has 1 fully saturated rings. The number of hydrogen-bond donors (Lipinski definition) is 2. The number of nitrogens with zero attached hydrogens (tertiary/aromatic N) is 8. The number of aliphatic imine (C=N–C) groups is 1. The SMILES string of the molecule is CN=C(N)N(C(=O)c1ccc(-n2ccnn2)cc1)[C@H](COC(=O)NC1(C(F)(F)F)CC1)c1ccc(Cl)c(-n2ncnc2C(F)F)c1. The zero-order chi connectivity index (χ0) is 33.2. The first-order valence-corrected chi connectivity index (χ1v) is 13.7. The summed E-state index contributed by atoms with van der Waals surface area (Å²) in [4.78, 5) is 35.0. The second-order valence-electron chi connectivity index (χ2n) is 10.0. The highest BCUT2D eigenvalue weighted by Gasteiger charge is 2.64. The van der Waals surface area contributed by atoms with Gasteiger partial charge in [0.2, 0.25) is 0 Å². The number of guanidine groups is 1. The average Bonchev–Trinajstić information content (AvgIpc) is 3.40. The topological polar surface area (TPSA) is 158 Å². The van der Waals surface area contributed by atoms with Crippen LogP contribution >= 0.6 is 11.6 Å². The van der Waals surface area contributed by atoms with Crippen LogP contribution in [0.1, 0.15) is 47.1 Å². The van der Waals surface area contributed by atoms with E-state index in [1.165, 1.54) is 48.3 Å². The molecule has 2 aromatic carbocycles. The van der Waals surface area contributed by atoms with E-state index in [-0.39, 0.29) is 40.6 Å². The van der Waals surface area contributed by atoms with Gasteiger partial charge in [-0.05, 0) is 54.8 Å². The lowest BCUT2D eigenvalue weighted by Gasteiger charge is -2.31. The van der Waals surface area contributed by atoms with Crippen LogP contribution in [0, 0.1) is 0 Å². The van der Waals surface area contributed by atoms with Gasteiger partial charge in [0.25, 0.3) is 12.3 Å². The first kappa shape index (κ1) is 32.3. The molecule has 0 radical (unpaired) electrons. The zero-order valence-electron chi connectivity index (χ0n) is 23.7. The number of nitrogens with one attached hydrogen (secondary N) is 1. The third kappa shape index (κ3) is 6.46. The van der Waals surface area contributed by atoms with E-state index in [4.69, 9.17) is 22.1 Å². The number of benzene rings is 2.